The molecule has 0 unspecified atom stereocenters. The largest absolute Gasteiger partial charge is 0.331 e. The highest BCUT2D eigenvalue weighted by atomic mass is 16.2. The van der Waals surface area contributed by atoms with Crippen LogP contribution in [0, 0.1) is 11.3 Å². The molecular weight excluding hydrogens is 316 g/mol. The van der Waals surface area contributed by atoms with Crippen molar-refractivity contribution in [1.29, 1.82) is 5.26 Å². The van der Waals surface area contributed by atoms with E-state index in [0.29, 0.717) is 23.8 Å². The van der Waals surface area contributed by atoms with Crippen molar-refractivity contribution in [3.63, 3.8) is 0 Å². The molecule has 7 heteroatoms. The monoisotopic (exact) mass is 336 g/mol. The molecule has 2 fully saturated rings. The van der Waals surface area contributed by atoms with Gasteiger partial charge in [0.15, 0.2) is 5.69 Å². The Hall–Kier alpha value is -2.72. The lowest BCUT2D eigenvalue weighted by molar-refractivity contribution is 0.0610. The third kappa shape index (κ3) is 2.89. The summed E-state index contributed by atoms with van der Waals surface area (Å²) in [5.41, 5.74) is 2.27. The van der Waals surface area contributed by atoms with Gasteiger partial charge in [0.2, 0.25) is 0 Å². The molecule has 2 saturated heterocycles. The molecule has 128 valence electrons. The molecule has 3 heterocycles. The quantitative estimate of drug-likeness (QED) is 0.840. The van der Waals surface area contributed by atoms with Crippen molar-refractivity contribution < 1.29 is 4.79 Å². The molecule has 0 spiro atoms. The van der Waals surface area contributed by atoms with Crippen LogP contribution in [0.15, 0.2) is 30.5 Å². The summed E-state index contributed by atoms with van der Waals surface area (Å²) < 4.78 is 1.68. The Morgan fingerprint density at radius 1 is 1.36 bits per heavy atom. The summed E-state index contributed by atoms with van der Waals surface area (Å²) >= 11 is 0. The van der Waals surface area contributed by atoms with E-state index in [1.54, 1.807) is 10.9 Å². The number of fused-ring (bicyclic) bond motifs is 2. The lowest BCUT2D eigenvalue weighted by Crippen LogP contribution is -2.48. The Morgan fingerprint density at radius 3 is 2.92 bits per heavy atom. The van der Waals surface area contributed by atoms with E-state index < -0.39 is 0 Å². The molecule has 2 aliphatic rings. The summed E-state index contributed by atoms with van der Waals surface area (Å²) in [5.74, 6) is -0.0154. The number of hydrogen-bond acceptors (Lipinski definition) is 5. The number of likely N-dealkylation sites (tertiary alicyclic amines) is 2. The van der Waals surface area contributed by atoms with Crippen molar-refractivity contribution in [2.75, 3.05) is 13.1 Å². The Labute approximate surface area is 146 Å². The maximum atomic E-state index is 12.7. The van der Waals surface area contributed by atoms with Gasteiger partial charge in [-0.05, 0) is 31.0 Å². The van der Waals surface area contributed by atoms with Crippen molar-refractivity contribution in [2.24, 2.45) is 0 Å². The first-order chi connectivity index (χ1) is 12.2. The van der Waals surface area contributed by atoms with Crippen LogP contribution in [0.5, 0.6) is 0 Å². The normalized spacial score (nSPS) is 22.3. The fourth-order valence-corrected chi connectivity index (χ4v) is 3.86. The number of piperazine rings is 1. The molecule has 7 nitrogen and oxygen atoms in total. The zero-order chi connectivity index (χ0) is 17.4. The second kappa shape index (κ2) is 6.30. The Bertz CT molecular complexity index is 838. The van der Waals surface area contributed by atoms with Crippen LogP contribution < -0.4 is 0 Å². The number of benzene rings is 1. The van der Waals surface area contributed by atoms with Gasteiger partial charge in [-0.3, -0.25) is 14.4 Å². The second-order valence-corrected chi connectivity index (χ2v) is 6.70. The fourth-order valence-electron chi connectivity index (χ4n) is 3.86. The van der Waals surface area contributed by atoms with Crippen molar-refractivity contribution in [2.45, 2.75) is 38.5 Å². The van der Waals surface area contributed by atoms with Gasteiger partial charge < -0.3 is 4.90 Å². The van der Waals surface area contributed by atoms with Crippen LogP contribution in [-0.4, -0.2) is 55.9 Å². The van der Waals surface area contributed by atoms with E-state index in [1.807, 2.05) is 30.0 Å². The van der Waals surface area contributed by atoms with Crippen LogP contribution in [0.25, 0.3) is 0 Å². The summed E-state index contributed by atoms with van der Waals surface area (Å²) in [4.78, 5) is 17.0. The third-order valence-corrected chi connectivity index (χ3v) is 5.14. The summed E-state index contributed by atoms with van der Waals surface area (Å²) in [6.45, 7) is 5.11. The molecule has 0 saturated carbocycles. The van der Waals surface area contributed by atoms with Gasteiger partial charge in [0.1, 0.15) is 0 Å². The van der Waals surface area contributed by atoms with E-state index in [9.17, 15) is 4.79 Å². The predicted molar refractivity (Wildman–Crippen MR) is 90.5 cm³/mol. The predicted octanol–water partition coefficient (Wildman–Crippen LogP) is 1.27. The number of rotatable bonds is 4. The molecule has 2 aromatic rings. The zero-order valence-electron chi connectivity index (χ0n) is 14.2. The van der Waals surface area contributed by atoms with E-state index >= 15 is 0 Å². The van der Waals surface area contributed by atoms with Gasteiger partial charge in [-0.25, -0.2) is 0 Å². The van der Waals surface area contributed by atoms with Crippen LogP contribution in [0.3, 0.4) is 0 Å². The van der Waals surface area contributed by atoms with Gasteiger partial charge >= 0.3 is 0 Å². The average molecular weight is 336 g/mol. The molecule has 0 N–H and O–H groups in total. The fraction of sp³-hybridized carbons (Fsp3) is 0.444. The number of aryl methyl sites for hydroxylation is 1. The van der Waals surface area contributed by atoms with E-state index in [4.69, 9.17) is 5.26 Å². The minimum absolute atomic E-state index is 0.0154. The van der Waals surface area contributed by atoms with E-state index in [2.05, 4.69) is 27.3 Å². The average Bonchev–Trinajstić information content (AvgIpc) is 3.36. The maximum absolute atomic E-state index is 12.7. The first-order valence-corrected chi connectivity index (χ1v) is 8.62. The van der Waals surface area contributed by atoms with Gasteiger partial charge in [0, 0.05) is 38.3 Å². The first-order valence-electron chi connectivity index (χ1n) is 8.62. The maximum Gasteiger partial charge on any atom is 0.276 e. The Kier molecular flexibility index (Phi) is 3.98. The van der Waals surface area contributed by atoms with Crippen molar-refractivity contribution >= 4 is 5.91 Å². The third-order valence-electron chi connectivity index (χ3n) is 5.14. The molecular formula is C18H20N6O. The molecule has 1 amide bonds. The van der Waals surface area contributed by atoms with Crippen LogP contribution in [0.1, 0.15) is 35.0 Å². The molecule has 2 bridgehead atoms. The van der Waals surface area contributed by atoms with Gasteiger partial charge in [-0.15, -0.1) is 5.10 Å². The summed E-state index contributed by atoms with van der Waals surface area (Å²) in [7, 11) is 0. The van der Waals surface area contributed by atoms with Crippen LogP contribution in [0.2, 0.25) is 0 Å². The summed E-state index contributed by atoms with van der Waals surface area (Å²) in [6, 6.07) is 10.5. The lowest BCUT2D eigenvalue weighted by atomic mass is 10.1. The highest BCUT2D eigenvalue weighted by molar-refractivity contribution is 5.92. The van der Waals surface area contributed by atoms with Crippen LogP contribution >= 0.6 is 0 Å². The Morgan fingerprint density at radius 2 is 2.24 bits per heavy atom. The van der Waals surface area contributed by atoms with Gasteiger partial charge in [0.05, 0.1) is 17.8 Å². The lowest BCUT2D eigenvalue weighted by Gasteiger charge is -2.33. The number of carbonyl (C=O) groups is 1. The number of carbonyl (C=O) groups excluding carboxylic acids is 1. The van der Waals surface area contributed by atoms with Gasteiger partial charge in [-0.2, -0.15) is 5.26 Å². The van der Waals surface area contributed by atoms with Crippen molar-refractivity contribution in [1.82, 2.24) is 24.8 Å². The van der Waals surface area contributed by atoms with Gasteiger partial charge in [0.25, 0.3) is 5.91 Å². The number of aromatic nitrogens is 3. The van der Waals surface area contributed by atoms with Gasteiger partial charge in [-0.1, -0.05) is 17.3 Å². The van der Waals surface area contributed by atoms with Crippen molar-refractivity contribution in [3.8, 4) is 6.07 Å². The van der Waals surface area contributed by atoms with Crippen molar-refractivity contribution in [3.05, 3.63) is 47.3 Å². The highest BCUT2D eigenvalue weighted by Crippen LogP contribution is 2.32. The topological polar surface area (TPSA) is 78.0 Å². The highest BCUT2D eigenvalue weighted by Gasteiger charge is 2.45. The molecule has 25 heavy (non-hydrogen) atoms. The second-order valence-electron chi connectivity index (χ2n) is 6.70. The smallest absolute Gasteiger partial charge is 0.276 e. The number of amides is 1. The standard InChI is InChI=1S/C18H20N6O/c1-2-23-12-17(20-21-23)18(25)24-11-15-7-16(24)10-22(15)9-14-5-3-4-13(6-14)8-19/h3-6,12,15-16H,2,7,9-11H2,1H3/t15-,16-/m0/s1. The van der Waals surface area contributed by atoms with E-state index in [1.165, 1.54) is 0 Å². The number of nitrogens with zero attached hydrogens (tertiary/aromatic N) is 6. The summed E-state index contributed by atoms with van der Waals surface area (Å²) in [5, 5.41) is 17.0. The zero-order valence-corrected chi connectivity index (χ0v) is 14.2. The Balaban J connectivity index is 1.41. The minimum Gasteiger partial charge on any atom is -0.331 e. The molecule has 4 rings (SSSR count). The molecule has 1 aromatic heterocycles. The van der Waals surface area contributed by atoms with E-state index in [0.717, 1.165) is 31.6 Å². The molecule has 0 aliphatic carbocycles. The molecule has 0 radical (unpaired) electrons. The molecule has 2 aliphatic heterocycles. The molecule has 1 aromatic carbocycles. The van der Waals surface area contributed by atoms with Crippen LogP contribution in [0.4, 0.5) is 0 Å². The summed E-state index contributed by atoms with van der Waals surface area (Å²) in [6.07, 6.45) is 2.73. The molecule has 2 atom stereocenters. The van der Waals surface area contributed by atoms with E-state index in [-0.39, 0.29) is 11.9 Å². The van der Waals surface area contributed by atoms with Crippen LogP contribution in [-0.2, 0) is 13.1 Å². The minimum atomic E-state index is -0.0154. The number of nitriles is 1. The SMILES string of the molecule is CCn1cc(C(=O)N2C[C@@H]3C[C@H]2CN3Cc2cccc(C#N)c2)nn1. The first kappa shape index (κ1) is 15.8. The number of hydrogen-bond donors (Lipinski definition) is 0.